The normalized spacial score (nSPS) is 21.2. The van der Waals surface area contributed by atoms with Crippen LogP contribution in [0.1, 0.15) is 12.0 Å². The molecular formula is C17H23N3O4. The Morgan fingerprint density at radius 3 is 2.62 bits per heavy atom. The van der Waals surface area contributed by atoms with E-state index in [1.807, 2.05) is 23.1 Å². The second kappa shape index (κ2) is 7.09. The van der Waals surface area contributed by atoms with Crippen molar-refractivity contribution < 1.29 is 19.1 Å². The number of hydrogen-bond donors (Lipinski definition) is 0. The summed E-state index contributed by atoms with van der Waals surface area (Å²) in [5, 5.41) is 4.13. The summed E-state index contributed by atoms with van der Waals surface area (Å²) in [5.74, 6) is 1.40. The van der Waals surface area contributed by atoms with E-state index in [0.29, 0.717) is 23.6 Å². The van der Waals surface area contributed by atoms with Crippen molar-refractivity contribution in [2.75, 3.05) is 47.4 Å². The van der Waals surface area contributed by atoms with Gasteiger partial charge in [-0.15, -0.1) is 0 Å². The van der Waals surface area contributed by atoms with Crippen LogP contribution < -0.4 is 9.47 Å². The third-order valence-corrected chi connectivity index (χ3v) is 4.48. The number of amides is 1. The number of nitrogens with zero attached hydrogens (tertiary/aromatic N) is 3. The van der Waals surface area contributed by atoms with Crippen LogP contribution in [0.15, 0.2) is 23.4 Å². The van der Waals surface area contributed by atoms with Gasteiger partial charge in [-0.3, -0.25) is 4.79 Å². The molecule has 1 fully saturated rings. The molecule has 0 spiro atoms. The van der Waals surface area contributed by atoms with Crippen molar-refractivity contribution in [3.8, 4) is 11.5 Å². The van der Waals surface area contributed by atoms with E-state index in [4.69, 9.17) is 14.3 Å². The molecule has 7 heteroatoms. The molecule has 1 saturated heterocycles. The quantitative estimate of drug-likeness (QED) is 0.822. The number of rotatable bonds is 4. The summed E-state index contributed by atoms with van der Waals surface area (Å²) in [6, 6.07) is 5.50. The zero-order chi connectivity index (χ0) is 17.1. The molecule has 0 N–H and O–H groups in total. The van der Waals surface area contributed by atoms with Gasteiger partial charge in [0.05, 0.1) is 19.9 Å². The Hall–Kier alpha value is -2.28. The molecule has 0 unspecified atom stereocenters. The van der Waals surface area contributed by atoms with E-state index in [1.165, 1.54) is 0 Å². The smallest absolute Gasteiger partial charge is 0.266 e. The Balaban J connectivity index is 1.70. The first-order valence-electron chi connectivity index (χ1n) is 8.04. The van der Waals surface area contributed by atoms with Crippen molar-refractivity contribution >= 4 is 11.6 Å². The second-order valence-corrected chi connectivity index (χ2v) is 6.03. The first kappa shape index (κ1) is 16.6. The van der Waals surface area contributed by atoms with E-state index in [2.05, 4.69) is 17.1 Å². The number of piperazine rings is 1. The lowest BCUT2D eigenvalue weighted by molar-refractivity contribution is -0.143. The molecule has 0 bridgehead atoms. The van der Waals surface area contributed by atoms with Gasteiger partial charge < -0.3 is 24.1 Å². The van der Waals surface area contributed by atoms with Crippen molar-refractivity contribution in [3.63, 3.8) is 0 Å². The first-order chi connectivity index (χ1) is 11.6. The minimum absolute atomic E-state index is 0.00344. The van der Waals surface area contributed by atoms with E-state index in [0.717, 1.165) is 31.7 Å². The fourth-order valence-corrected chi connectivity index (χ4v) is 2.94. The maximum Gasteiger partial charge on any atom is 0.266 e. The van der Waals surface area contributed by atoms with Crippen LogP contribution in [0.25, 0.3) is 0 Å². The van der Waals surface area contributed by atoms with Crippen LogP contribution >= 0.6 is 0 Å². The van der Waals surface area contributed by atoms with Crippen molar-refractivity contribution in [2.24, 2.45) is 5.16 Å². The summed E-state index contributed by atoms with van der Waals surface area (Å²) in [6.45, 7) is 3.23. The monoisotopic (exact) mass is 333 g/mol. The molecule has 3 rings (SSSR count). The van der Waals surface area contributed by atoms with Crippen LogP contribution in [0.2, 0.25) is 0 Å². The Kier molecular flexibility index (Phi) is 4.89. The summed E-state index contributed by atoms with van der Waals surface area (Å²) >= 11 is 0. The Labute approximate surface area is 141 Å². The zero-order valence-electron chi connectivity index (χ0n) is 14.3. The van der Waals surface area contributed by atoms with Crippen LogP contribution in [0.4, 0.5) is 0 Å². The van der Waals surface area contributed by atoms with E-state index in [1.54, 1.807) is 14.2 Å². The number of benzene rings is 1. The molecule has 2 aliphatic rings. The van der Waals surface area contributed by atoms with Gasteiger partial charge in [0, 0.05) is 38.2 Å². The highest BCUT2D eigenvalue weighted by atomic mass is 16.6. The van der Waals surface area contributed by atoms with Gasteiger partial charge in [0.15, 0.2) is 0 Å². The molecule has 1 amide bonds. The average Bonchev–Trinajstić information content (AvgIpc) is 3.11. The van der Waals surface area contributed by atoms with Crippen LogP contribution in [-0.4, -0.2) is 75.0 Å². The summed E-state index contributed by atoms with van der Waals surface area (Å²) in [4.78, 5) is 22.1. The lowest BCUT2D eigenvalue weighted by Crippen LogP contribution is -2.50. The molecule has 1 atom stereocenters. The van der Waals surface area contributed by atoms with Gasteiger partial charge in [-0.05, 0) is 25.2 Å². The molecule has 0 radical (unpaired) electrons. The van der Waals surface area contributed by atoms with Crippen LogP contribution in [0, 0.1) is 0 Å². The van der Waals surface area contributed by atoms with Crippen LogP contribution in [0.5, 0.6) is 11.5 Å². The fourth-order valence-electron chi connectivity index (χ4n) is 2.94. The summed E-state index contributed by atoms with van der Waals surface area (Å²) in [7, 11) is 5.27. The van der Waals surface area contributed by atoms with Crippen molar-refractivity contribution in [1.29, 1.82) is 0 Å². The predicted octanol–water partition coefficient (Wildman–Crippen LogP) is 0.971. The van der Waals surface area contributed by atoms with Gasteiger partial charge in [0.2, 0.25) is 6.10 Å². The second-order valence-electron chi connectivity index (χ2n) is 6.03. The third-order valence-electron chi connectivity index (χ3n) is 4.48. The van der Waals surface area contributed by atoms with Crippen molar-refractivity contribution in [2.45, 2.75) is 12.5 Å². The number of ether oxygens (including phenoxy) is 2. The van der Waals surface area contributed by atoms with Crippen molar-refractivity contribution in [1.82, 2.24) is 9.80 Å². The van der Waals surface area contributed by atoms with Gasteiger partial charge in [-0.1, -0.05) is 5.16 Å². The van der Waals surface area contributed by atoms with Crippen LogP contribution in [0.3, 0.4) is 0 Å². The van der Waals surface area contributed by atoms with Crippen LogP contribution in [-0.2, 0) is 9.63 Å². The molecule has 130 valence electrons. The predicted molar refractivity (Wildman–Crippen MR) is 89.7 cm³/mol. The van der Waals surface area contributed by atoms with Crippen molar-refractivity contribution in [3.05, 3.63) is 23.8 Å². The van der Waals surface area contributed by atoms with Gasteiger partial charge in [-0.2, -0.15) is 0 Å². The fraction of sp³-hybridized carbons (Fsp3) is 0.529. The maximum atomic E-state index is 12.6. The number of methoxy groups -OCH3 is 2. The number of likely N-dealkylation sites (N-methyl/N-ethyl adjacent to an activating group) is 1. The van der Waals surface area contributed by atoms with E-state index < -0.39 is 6.10 Å². The highest BCUT2D eigenvalue weighted by Gasteiger charge is 2.34. The number of oxime groups is 1. The molecule has 2 aliphatic heterocycles. The molecular weight excluding hydrogens is 310 g/mol. The zero-order valence-corrected chi connectivity index (χ0v) is 14.3. The Morgan fingerprint density at radius 1 is 1.21 bits per heavy atom. The Bertz CT molecular complexity index is 639. The molecule has 2 heterocycles. The van der Waals surface area contributed by atoms with E-state index in [9.17, 15) is 4.79 Å². The van der Waals surface area contributed by atoms with Gasteiger partial charge >= 0.3 is 0 Å². The number of carbonyl (C=O) groups excluding carboxylic acids is 1. The van der Waals surface area contributed by atoms with E-state index >= 15 is 0 Å². The average molecular weight is 333 g/mol. The summed E-state index contributed by atoms with van der Waals surface area (Å²) in [6.07, 6.45) is -0.117. The number of carbonyl (C=O) groups is 1. The van der Waals surface area contributed by atoms with E-state index in [-0.39, 0.29) is 5.91 Å². The molecule has 1 aromatic rings. The largest absolute Gasteiger partial charge is 0.497 e. The van der Waals surface area contributed by atoms with Gasteiger partial charge in [-0.25, -0.2) is 0 Å². The SMILES string of the molecule is COc1ccc(OC)c(C2=NO[C@@H](C(=O)N3CCN(C)CC3)C2)c1. The number of hydrogen-bond acceptors (Lipinski definition) is 6. The maximum absolute atomic E-state index is 12.6. The Morgan fingerprint density at radius 2 is 1.96 bits per heavy atom. The first-order valence-corrected chi connectivity index (χ1v) is 8.04. The van der Waals surface area contributed by atoms with Gasteiger partial charge in [0.1, 0.15) is 11.5 Å². The summed E-state index contributed by atoms with van der Waals surface area (Å²) in [5.41, 5.74) is 1.50. The molecule has 0 aromatic heterocycles. The standard InChI is InChI=1S/C17H23N3O4/c1-19-6-8-20(9-7-19)17(21)16-11-14(18-24-16)13-10-12(22-2)4-5-15(13)23-3/h4-5,10,16H,6-9,11H2,1-3H3/t16-/m1/s1. The lowest BCUT2D eigenvalue weighted by Gasteiger charge is -2.33. The molecule has 24 heavy (non-hydrogen) atoms. The third kappa shape index (κ3) is 3.31. The molecule has 1 aromatic carbocycles. The molecule has 7 nitrogen and oxygen atoms in total. The van der Waals surface area contributed by atoms with Gasteiger partial charge in [0.25, 0.3) is 5.91 Å². The summed E-state index contributed by atoms with van der Waals surface area (Å²) < 4.78 is 10.7. The minimum atomic E-state index is -0.556. The topological polar surface area (TPSA) is 63.6 Å². The molecule has 0 aliphatic carbocycles. The highest BCUT2D eigenvalue weighted by molar-refractivity contribution is 6.06. The minimum Gasteiger partial charge on any atom is -0.497 e. The lowest BCUT2D eigenvalue weighted by atomic mass is 10.0. The molecule has 0 saturated carbocycles. The highest BCUT2D eigenvalue weighted by Crippen LogP contribution is 2.29.